The van der Waals surface area contributed by atoms with Crippen molar-refractivity contribution in [3.8, 4) is 5.75 Å². The van der Waals surface area contributed by atoms with E-state index < -0.39 is 0 Å². The molecule has 0 spiro atoms. The van der Waals surface area contributed by atoms with Crippen molar-refractivity contribution in [2.24, 2.45) is 5.92 Å². The molecular weight excluding hydrogens is 234 g/mol. The third-order valence-electron chi connectivity index (χ3n) is 3.45. The summed E-state index contributed by atoms with van der Waals surface area (Å²) in [6.07, 6.45) is 5.17. The van der Waals surface area contributed by atoms with Gasteiger partial charge in [0.1, 0.15) is 5.75 Å². The number of nitrogens with zero attached hydrogens (tertiary/aromatic N) is 1. The maximum Gasteiger partial charge on any atom is 0.142 e. The summed E-state index contributed by atoms with van der Waals surface area (Å²) < 4.78 is 6.03. The van der Waals surface area contributed by atoms with Crippen LogP contribution in [0.4, 0.5) is 0 Å². The van der Waals surface area contributed by atoms with E-state index >= 15 is 0 Å². The Morgan fingerprint density at radius 3 is 2.65 bits per heavy atom. The van der Waals surface area contributed by atoms with Crippen molar-refractivity contribution >= 4 is 11.6 Å². The lowest BCUT2D eigenvalue weighted by Crippen LogP contribution is -2.23. The highest BCUT2D eigenvalue weighted by Crippen LogP contribution is 2.28. The quantitative estimate of drug-likeness (QED) is 0.757. The molecule has 1 aliphatic carbocycles. The average Bonchev–Trinajstić information content (AvgIpc) is 2.34. The number of hydrogen-bond donors (Lipinski definition) is 0. The van der Waals surface area contributed by atoms with Gasteiger partial charge in [-0.1, -0.05) is 6.92 Å². The van der Waals surface area contributed by atoms with Crippen molar-refractivity contribution in [1.29, 1.82) is 0 Å². The number of alkyl halides is 1. The van der Waals surface area contributed by atoms with E-state index in [2.05, 4.69) is 11.9 Å². The van der Waals surface area contributed by atoms with Crippen molar-refractivity contribution in [1.82, 2.24) is 4.98 Å². The number of hydrogen-bond acceptors (Lipinski definition) is 2. The van der Waals surface area contributed by atoms with Gasteiger partial charge in [-0.25, -0.2) is 0 Å². The standard InChI is InChI=1S/C14H20ClNO/c1-10-3-6-12(7-4-10)17-14-8-5-11(2)16-13(14)9-15/h5,8,10,12H,3-4,6-7,9H2,1-2H3. The van der Waals surface area contributed by atoms with Crippen molar-refractivity contribution < 1.29 is 4.74 Å². The Morgan fingerprint density at radius 1 is 1.29 bits per heavy atom. The van der Waals surface area contributed by atoms with Crippen LogP contribution >= 0.6 is 11.6 Å². The Morgan fingerprint density at radius 2 is 2.00 bits per heavy atom. The molecule has 0 atom stereocenters. The summed E-state index contributed by atoms with van der Waals surface area (Å²) in [5.74, 6) is 2.13. The normalized spacial score (nSPS) is 24.6. The predicted octanol–water partition coefficient (Wildman–Crippen LogP) is 4.09. The number of halogens is 1. The fourth-order valence-corrected chi connectivity index (χ4v) is 2.52. The molecule has 3 heteroatoms. The Bertz CT molecular complexity index is 372. The molecule has 0 bridgehead atoms. The minimum Gasteiger partial charge on any atom is -0.488 e. The van der Waals surface area contributed by atoms with E-state index in [1.54, 1.807) is 0 Å². The van der Waals surface area contributed by atoms with Crippen molar-refractivity contribution in [2.75, 3.05) is 0 Å². The number of rotatable bonds is 3. The van der Waals surface area contributed by atoms with Crippen LogP contribution in [-0.4, -0.2) is 11.1 Å². The summed E-state index contributed by atoms with van der Waals surface area (Å²) >= 11 is 5.90. The van der Waals surface area contributed by atoms with Gasteiger partial charge in [-0.2, -0.15) is 0 Å². The van der Waals surface area contributed by atoms with E-state index in [9.17, 15) is 0 Å². The number of aromatic nitrogens is 1. The predicted molar refractivity (Wildman–Crippen MR) is 70.6 cm³/mol. The molecule has 1 aliphatic rings. The lowest BCUT2D eigenvalue weighted by Gasteiger charge is -2.27. The van der Waals surface area contributed by atoms with Gasteiger partial charge in [0.2, 0.25) is 0 Å². The molecule has 0 aromatic carbocycles. The molecule has 1 aromatic heterocycles. The van der Waals surface area contributed by atoms with E-state index in [1.165, 1.54) is 12.8 Å². The van der Waals surface area contributed by atoms with Crippen molar-refractivity contribution in [3.63, 3.8) is 0 Å². The minimum atomic E-state index is 0.345. The maximum absolute atomic E-state index is 6.03. The number of ether oxygens (including phenoxy) is 1. The van der Waals surface area contributed by atoms with Crippen molar-refractivity contribution in [3.05, 3.63) is 23.5 Å². The monoisotopic (exact) mass is 253 g/mol. The lowest BCUT2D eigenvalue weighted by atomic mass is 9.89. The summed E-state index contributed by atoms with van der Waals surface area (Å²) in [5, 5.41) is 0. The van der Waals surface area contributed by atoms with Crippen LogP contribution in [0.3, 0.4) is 0 Å². The molecule has 1 aromatic rings. The smallest absolute Gasteiger partial charge is 0.142 e. The summed E-state index contributed by atoms with van der Waals surface area (Å²) in [6, 6.07) is 3.98. The lowest BCUT2D eigenvalue weighted by molar-refractivity contribution is 0.134. The third-order valence-corrected chi connectivity index (χ3v) is 3.71. The van der Waals surface area contributed by atoms with E-state index in [-0.39, 0.29) is 0 Å². The zero-order valence-electron chi connectivity index (χ0n) is 10.6. The van der Waals surface area contributed by atoms with Crippen LogP contribution in [0.2, 0.25) is 0 Å². The highest BCUT2D eigenvalue weighted by atomic mass is 35.5. The van der Waals surface area contributed by atoms with Gasteiger partial charge in [-0.05, 0) is 50.7 Å². The van der Waals surface area contributed by atoms with Crippen LogP contribution in [0.5, 0.6) is 5.75 Å². The summed E-state index contributed by atoms with van der Waals surface area (Å²) in [6.45, 7) is 4.29. The molecule has 2 rings (SSSR count). The maximum atomic E-state index is 6.03. The molecule has 94 valence electrons. The molecule has 2 nitrogen and oxygen atoms in total. The Labute approximate surface area is 108 Å². The van der Waals surface area contributed by atoms with Gasteiger partial charge in [-0.15, -0.1) is 11.6 Å². The Balaban J connectivity index is 2.03. The van der Waals surface area contributed by atoms with E-state index in [1.807, 2.05) is 19.1 Å². The molecule has 0 unspecified atom stereocenters. The molecule has 1 saturated carbocycles. The third kappa shape index (κ3) is 3.35. The van der Waals surface area contributed by atoms with Gasteiger partial charge >= 0.3 is 0 Å². The molecule has 0 amide bonds. The SMILES string of the molecule is Cc1ccc(OC2CCC(C)CC2)c(CCl)n1. The first-order valence-corrected chi connectivity index (χ1v) is 6.91. The van der Waals surface area contributed by atoms with Gasteiger partial charge in [0.05, 0.1) is 17.7 Å². The van der Waals surface area contributed by atoms with Crippen LogP contribution in [-0.2, 0) is 5.88 Å². The molecular formula is C14H20ClNO. The second-order valence-corrected chi connectivity index (χ2v) is 5.30. The first-order chi connectivity index (χ1) is 8.19. The molecule has 17 heavy (non-hydrogen) atoms. The minimum absolute atomic E-state index is 0.345. The highest BCUT2D eigenvalue weighted by Gasteiger charge is 2.20. The van der Waals surface area contributed by atoms with Gasteiger partial charge in [0, 0.05) is 5.69 Å². The first kappa shape index (κ1) is 12.7. The summed E-state index contributed by atoms with van der Waals surface area (Å²) in [4.78, 5) is 4.42. The Hall–Kier alpha value is -0.760. The van der Waals surface area contributed by atoms with E-state index in [0.29, 0.717) is 12.0 Å². The molecule has 0 saturated heterocycles. The van der Waals surface area contributed by atoms with E-state index in [0.717, 1.165) is 35.9 Å². The van der Waals surface area contributed by atoms with Gasteiger partial charge < -0.3 is 4.74 Å². The second kappa shape index (κ2) is 5.72. The van der Waals surface area contributed by atoms with Gasteiger partial charge in [0.15, 0.2) is 0 Å². The zero-order valence-corrected chi connectivity index (χ0v) is 11.3. The molecule has 1 heterocycles. The molecule has 0 radical (unpaired) electrons. The average molecular weight is 254 g/mol. The van der Waals surface area contributed by atoms with Crippen LogP contribution in [0.1, 0.15) is 44.0 Å². The topological polar surface area (TPSA) is 22.1 Å². The van der Waals surface area contributed by atoms with Gasteiger partial charge in [-0.3, -0.25) is 4.98 Å². The van der Waals surface area contributed by atoms with Crippen LogP contribution in [0.25, 0.3) is 0 Å². The summed E-state index contributed by atoms with van der Waals surface area (Å²) in [5.41, 5.74) is 1.86. The van der Waals surface area contributed by atoms with Crippen molar-refractivity contribution in [2.45, 2.75) is 51.5 Å². The molecule has 0 N–H and O–H groups in total. The molecule has 1 fully saturated rings. The largest absolute Gasteiger partial charge is 0.488 e. The second-order valence-electron chi connectivity index (χ2n) is 5.03. The molecule has 0 aliphatic heterocycles. The zero-order chi connectivity index (χ0) is 12.3. The van der Waals surface area contributed by atoms with Crippen LogP contribution in [0, 0.1) is 12.8 Å². The number of pyridine rings is 1. The summed E-state index contributed by atoms with van der Waals surface area (Å²) in [7, 11) is 0. The first-order valence-electron chi connectivity index (χ1n) is 6.38. The number of aryl methyl sites for hydroxylation is 1. The van der Waals surface area contributed by atoms with E-state index in [4.69, 9.17) is 16.3 Å². The Kier molecular flexibility index (Phi) is 4.27. The highest BCUT2D eigenvalue weighted by molar-refractivity contribution is 6.17. The van der Waals surface area contributed by atoms with Crippen LogP contribution in [0.15, 0.2) is 12.1 Å². The fraction of sp³-hybridized carbons (Fsp3) is 0.643. The van der Waals surface area contributed by atoms with Gasteiger partial charge in [0.25, 0.3) is 0 Å². The van der Waals surface area contributed by atoms with Crippen LogP contribution < -0.4 is 4.74 Å². The fourth-order valence-electron chi connectivity index (χ4n) is 2.33.